The van der Waals surface area contributed by atoms with E-state index in [-0.39, 0.29) is 0 Å². The number of amides is 1. The number of hydrogen-bond acceptors (Lipinski definition) is 4. The second kappa shape index (κ2) is 5.06. The molecule has 0 aliphatic rings. The van der Waals surface area contributed by atoms with E-state index in [0.29, 0.717) is 34.4 Å². The van der Waals surface area contributed by atoms with Crippen LogP contribution < -0.4 is 5.73 Å². The number of aromatic nitrogens is 3. The van der Waals surface area contributed by atoms with E-state index in [1.54, 1.807) is 18.3 Å². The number of nitrogens with one attached hydrogen (secondary N) is 1. The summed E-state index contributed by atoms with van der Waals surface area (Å²) in [5.41, 5.74) is 8.88. The lowest BCUT2D eigenvalue weighted by atomic mass is 10.1. The summed E-state index contributed by atoms with van der Waals surface area (Å²) in [6, 6.07) is 9.39. The van der Waals surface area contributed by atoms with Crippen LogP contribution in [-0.2, 0) is 6.42 Å². The molecule has 1 aromatic carbocycles. The Kier molecular flexibility index (Phi) is 3.09. The van der Waals surface area contributed by atoms with Crippen molar-refractivity contribution >= 4 is 17.1 Å². The minimum Gasteiger partial charge on any atom is -0.365 e. The van der Waals surface area contributed by atoms with Gasteiger partial charge >= 0.3 is 0 Å². The van der Waals surface area contributed by atoms with E-state index >= 15 is 0 Å². The molecule has 0 unspecified atom stereocenters. The summed E-state index contributed by atoms with van der Waals surface area (Å²) in [6.45, 7) is 0. The van der Waals surface area contributed by atoms with Gasteiger partial charge in [-0.3, -0.25) is 4.79 Å². The summed E-state index contributed by atoms with van der Waals surface area (Å²) in [7, 11) is 0. The van der Waals surface area contributed by atoms with Gasteiger partial charge in [-0.1, -0.05) is 12.1 Å². The van der Waals surface area contributed by atoms with Gasteiger partial charge in [0.2, 0.25) is 0 Å². The van der Waals surface area contributed by atoms with E-state index in [0.717, 1.165) is 5.56 Å². The second-order valence-corrected chi connectivity index (χ2v) is 4.61. The zero-order valence-corrected chi connectivity index (χ0v) is 11.0. The van der Waals surface area contributed by atoms with Crippen LogP contribution in [-0.4, -0.2) is 20.9 Å². The van der Waals surface area contributed by atoms with E-state index in [4.69, 9.17) is 11.0 Å². The third-order valence-electron chi connectivity index (χ3n) is 3.14. The molecule has 102 valence electrons. The molecular weight excluding hydrogens is 266 g/mol. The second-order valence-electron chi connectivity index (χ2n) is 4.61. The molecule has 0 saturated heterocycles. The first kappa shape index (κ1) is 12.8. The number of nitrogens with two attached hydrogens (primary N) is 1. The highest BCUT2D eigenvalue weighted by atomic mass is 16.1. The van der Waals surface area contributed by atoms with Crippen LogP contribution in [0.15, 0.2) is 36.7 Å². The van der Waals surface area contributed by atoms with Gasteiger partial charge in [0, 0.05) is 12.6 Å². The van der Waals surface area contributed by atoms with Crippen molar-refractivity contribution < 1.29 is 4.79 Å². The van der Waals surface area contributed by atoms with Gasteiger partial charge in [0.1, 0.15) is 5.52 Å². The van der Waals surface area contributed by atoms with Crippen LogP contribution >= 0.6 is 0 Å². The van der Waals surface area contributed by atoms with Gasteiger partial charge in [-0.2, -0.15) is 5.26 Å². The molecule has 2 heterocycles. The summed E-state index contributed by atoms with van der Waals surface area (Å²) in [5.74, 6) is -0.542. The van der Waals surface area contributed by atoms with Gasteiger partial charge in [0.15, 0.2) is 5.65 Å². The normalized spacial score (nSPS) is 10.4. The lowest BCUT2D eigenvalue weighted by Gasteiger charge is -2.02. The molecule has 3 aromatic rings. The average molecular weight is 277 g/mol. The minimum atomic E-state index is -0.542. The first-order valence-corrected chi connectivity index (χ1v) is 6.29. The fourth-order valence-electron chi connectivity index (χ4n) is 2.16. The monoisotopic (exact) mass is 277 g/mol. The van der Waals surface area contributed by atoms with Crippen molar-refractivity contribution in [3.63, 3.8) is 0 Å². The van der Waals surface area contributed by atoms with E-state index in [1.807, 2.05) is 12.1 Å². The Morgan fingerprint density at radius 3 is 3.05 bits per heavy atom. The maximum atomic E-state index is 11.3. The molecule has 0 aliphatic carbocycles. The van der Waals surface area contributed by atoms with Crippen LogP contribution in [0, 0.1) is 11.3 Å². The molecule has 0 bridgehead atoms. The van der Waals surface area contributed by atoms with Crippen LogP contribution in [0.5, 0.6) is 0 Å². The van der Waals surface area contributed by atoms with Crippen molar-refractivity contribution in [2.24, 2.45) is 5.73 Å². The third-order valence-corrected chi connectivity index (χ3v) is 3.14. The lowest BCUT2D eigenvalue weighted by molar-refractivity contribution is 0.100. The highest BCUT2D eigenvalue weighted by Gasteiger charge is 2.12. The molecule has 3 rings (SSSR count). The van der Waals surface area contributed by atoms with Gasteiger partial charge in [-0.15, -0.1) is 0 Å². The molecule has 21 heavy (non-hydrogen) atoms. The number of carbonyl (C=O) groups is 1. The largest absolute Gasteiger partial charge is 0.365 e. The van der Waals surface area contributed by atoms with Gasteiger partial charge in [0.05, 0.1) is 29.1 Å². The molecule has 0 fully saturated rings. The molecule has 0 atom stereocenters. The number of nitriles is 1. The smallest absolute Gasteiger partial charge is 0.252 e. The number of H-pyrrole nitrogens is 1. The van der Waals surface area contributed by atoms with Crippen molar-refractivity contribution in [3.05, 3.63) is 59.0 Å². The van der Waals surface area contributed by atoms with Crippen molar-refractivity contribution in [3.8, 4) is 6.07 Å². The number of aromatic amines is 1. The van der Waals surface area contributed by atoms with Crippen molar-refractivity contribution in [1.82, 2.24) is 15.0 Å². The average Bonchev–Trinajstić information content (AvgIpc) is 2.91. The fourth-order valence-corrected chi connectivity index (χ4v) is 2.16. The summed E-state index contributed by atoms with van der Waals surface area (Å²) >= 11 is 0. The molecule has 1 amide bonds. The molecule has 0 saturated carbocycles. The Labute approximate surface area is 120 Å². The number of rotatable bonds is 3. The number of hydrogen-bond donors (Lipinski definition) is 2. The molecule has 6 heteroatoms. The molecule has 0 aliphatic heterocycles. The van der Waals surface area contributed by atoms with E-state index < -0.39 is 5.91 Å². The van der Waals surface area contributed by atoms with E-state index in [2.05, 4.69) is 21.0 Å². The van der Waals surface area contributed by atoms with Crippen molar-refractivity contribution in [2.75, 3.05) is 0 Å². The SMILES string of the molecule is N#Cc1cccc(Cc2cnc3[nH]cc(C(N)=O)c3n2)c1. The summed E-state index contributed by atoms with van der Waals surface area (Å²) in [4.78, 5) is 22.9. The van der Waals surface area contributed by atoms with Crippen molar-refractivity contribution in [2.45, 2.75) is 6.42 Å². The first-order valence-electron chi connectivity index (χ1n) is 6.29. The fraction of sp³-hybridized carbons (Fsp3) is 0.0667. The summed E-state index contributed by atoms with van der Waals surface area (Å²) in [5, 5.41) is 8.91. The molecule has 0 radical (unpaired) electrons. The van der Waals surface area contributed by atoms with Gasteiger partial charge in [0.25, 0.3) is 5.91 Å². The van der Waals surface area contributed by atoms with Crippen molar-refractivity contribution in [1.29, 1.82) is 5.26 Å². The number of nitrogens with zero attached hydrogens (tertiary/aromatic N) is 3. The Hall–Kier alpha value is -3.20. The number of benzene rings is 1. The Bertz CT molecular complexity index is 875. The minimum absolute atomic E-state index is 0.324. The molecular formula is C15H11N5O. The third kappa shape index (κ3) is 2.44. The Balaban J connectivity index is 1.99. The maximum absolute atomic E-state index is 11.3. The highest BCUT2D eigenvalue weighted by Crippen LogP contribution is 2.16. The number of primary amides is 1. The first-order chi connectivity index (χ1) is 10.2. The van der Waals surface area contributed by atoms with Crippen LogP contribution in [0.2, 0.25) is 0 Å². The summed E-state index contributed by atoms with van der Waals surface area (Å²) < 4.78 is 0. The quantitative estimate of drug-likeness (QED) is 0.756. The lowest BCUT2D eigenvalue weighted by Crippen LogP contribution is -2.10. The topological polar surface area (TPSA) is 108 Å². The molecule has 2 aromatic heterocycles. The Morgan fingerprint density at radius 2 is 2.29 bits per heavy atom. The maximum Gasteiger partial charge on any atom is 0.252 e. The number of fused-ring (bicyclic) bond motifs is 1. The number of carbonyl (C=O) groups excluding carboxylic acids is 1. The van der Waals surface area contributed by atoms with Crippen LogP contribution in [0.25, 0.3) is 11.2 Å². The Morgan fingerprint density at radius 1 is 1.43 bits per heavy atom. The molecule has 3 N–H and O–H groups in total. The predicted octanol–water partition coefficient (Wildman–Crippen LogP) is 1.52. The molecule has 6 nitrogen and oxygen atoms in total. The van der Waals surface area contributed by atoms with Crippen LogP contribution in [0.1, 0.15) is 27.2 Å². The van der Waals surface area contributed by atoms with Gasteiger partial charge < -0.3 is 10.7 Å². The van der Waals surface area contributed by atoms with Crippen LogP contribution in [0.4, 0.5) is 0 Å². The zero-order chi connectivity index (χ0) is 14.8. The molecule has 0 spiro atoms. The van der Waals surface area contributed by atoms with E-state index in [1.165, 1.54) is 6.20 Å². The zero-order valence-electron chi connectivity index (χ0n) is 11.0. The van der Waals surface area contributed by atoms with E-state index in [9.17, 15) is 4.79 Å². The van der Waals surface area contributed by atoms with Gasteiger partial charge in [-0.05, 0) is 17.7 Å². The van der Waals surface area contributed by atoms with Gasteiger partial charge in [-0.25, -0.2) is 9.97 Å². The van der Waals surface area contributed by atoms with Crippen LogP contribution in [0.3, 0.4) is 0 Å². The predicted molar refractivity (Wildman–Crippen MR) is 76.4 cm³/mol. The highest BCUT2D eigenvalue weighted by molar-refractivity contribution is 6.03. The summed E-state index contributed by atoms with van der Waals surface area (Å²) in [6.07, 6.45) is 3.68. The standard InChI is InChI=1S/C15H11N5O/c16-6-10-3-1-2-9(4-10)5-11-7-18-15-13(20-11)12(8-19-15)14(17)21/h1-4,7-8H,5H2,(H2,17,21)(H,18,19).